The van der Waals surface area contributed by atoms with E-state index >= 15 is 0 Å². The van der Waals surface area contributed by atoms with Crippen molar-refractivity contribution < 1.29 is 23.3 Å². The molecule has 3 rings (SSSR count). The van der Waals surface area contributed by atoms with E-state index in [1.54, 1.807) is 30.3 Å². The molecule has 1 heterocycles. The Kier molecular flexibility index (Phi) is 10.2. The molecule has 0 aliphatic rings. The van der Waals surface area contributed by atoms with Crippen LogP contribution in [0.5, 0.6) is 11.5 Å². The van der Waals surface area contributed by atoms with Crippen molar-refractivity contribution in [3.63, 3.8) is 0 Å². The van der Waals surface area contributed by atoms with Crippen LogP contribution >= 0.6 is 24.0 Å². The molecule has 0 bridgehead atoms. The molecule has 0 atom stereocenters. The van der Waals surface area contributed by atoms with E-state index < -0.39 is 5.91 Å². The fourth-order valence-electron chi connectivity index (χ4n) is 2.83. The van der Waals surface area contributed by atoms with E-state index in [0.29, 0.717) is 48.3 Å². The fourth-order valence-corrected chi connectivity index (χ4v) is 3.11. The predicted octanol–water partition coefficient (Wildman–Crippen LogP) is 3.36. The van der Waals surface area contributed by atoms with Gasteiger partial charge in [-0.2, -0.15) is 0 Å². The van der Waals surface area contributed by atoms with Gasteiger partial charge >= 0.3 is 0 Å². The molecule has 0 spiro atoms. The number of nitrogen functional groups attached to an aromatic ring is 1. The maximum absolute atomic E-state index is 13.9. The van der Waals surface area contributed by atoms with E-state index in [4.69, 9.17) is 26.8 Å². The summed E-state index contributed by atoms with van der Waals surface area (Å²) in [5, 5.41) is 13.0. The van der Waals surface area contributed by atoms with Crippen molar-refractivity contribution in [3.05, 3.63) is 64.1 Å². The summed E-state index contributed by atoms with van der Waals surface area (Å²) in [4.78, 5) is 11.9. The Bertz CT molecular complexity index is 1070. The molecule has 0 aliphatic carbocycles. The third-order valence-electron chi connectivity index (χ3n) is 4.34. The standard InChI is InChI=1S/C21H23ClFN5O4.ClH/c1-2-30-17-10-13(11-25-7-8-26-21(29)18-20(24)28-32-27-18)9-15(22)19(17)31-12-14-5-3-4-6-16(14)23;/h3-6,9-10,25H,2,7-8,11-12H2,1H3,(H2,24,28)(H,26,29);1H. The molecular formula is C21H24Cl2FN5O4. The van der Waals surface area contributed by atoms with Crippen LogP contribution in [0, 0.1) is 5.82 Å². The van der Waals surface area contributed by atoms with Crippen LogP contribution in [-0.4, -0.2) is 35.9 Å². The number of hydrogen-bond donors (Lipinski definition) is 3. The van der Waals surface area contributed by atoms with Gasteiger partial charge in [0.2, 0.25) is 11.5 Å². The minimum atomic E-state index is -0.469. The monoisotopic (exact) mass is 499 g/mol. The molecule has 33 heavy (non-hydrogen) atoms. The second-order valence-corrected chi connectivity index (χ2v) is 7.06. The third-order valence-corrected chi connectivity index (χ3v) is 4.63. The van der Waals surface area contributed by atoms with Crippen LogP contribution in [0.4, 0.5) is 10.2 Å². The molecule has 3 aromatic rings. The lowest BCUT2D eigenvalue weighted by molar-refractivity contribution is 0.0944. The Labute approximate surface area is 201 Å². The number of aromatic nitrogens is 2. The van der Waals surface area contributed by atoms with E-state index in [9.17, 15) is 9.18 Å². The van der Waals surface area contributed by atoms with Crippen molar-refractivity contribution in [1.29, 1.82) is 0 Å². The lowest BCUT2D eigenvalue weighted by Gasteiger charge is -2.16. The molecule has 2 aromatic carbocycles. The molecule has 0 saturated heterocycles. The minimum absolute atomic E-state index is 0. The molecule has 0 saturated carbocycles. The molecule has 0 radical (unpaired) electrons. The van der Waals surface area contributed by atoms with Gasteiger partial charge in [-0.15, -0.1) is 12.4 Å². The Balaban J connectivity index is 0.00000385. The van der Waals surface area contributed by atoms with Crippen LogP contribution in [-0.2, 0) is 13.2 Å². The van der Waals surface area contributed by atoms with Gasteiger partial charge in [-0.25, -0.2) is 9.02 Å². The zero-order valence-electron chi connectivity index (χ0n) is 17.8. The Morgan fingerprint density at radius 2 is 2.00 bits per heavy atom. The number of carbonyl (C=O) groups is 1. The van der Waals surface area contributed by atoms with Gasteiger partial charge < -0.3 is 25.8 Å². The summed E-state index contributed by atoms with van der Waals surface area (Å²) < 4.78 is 29.7. The van der Waals surface area contributed by atoms with Crippen molar-refractivity contribution in [2.45, 2.75) is 20.1 Å². The zero-order valence-corrected chi connectivity index (χ0v) is 19.3. The number of ether oxygens (including phenoxy) is 2. The normalized spacial score (nSPS) is 10.4. The minimum Gasteiger partial charge on any atom is -0.490 e. The van der Waals surface area contributed by atoms with Gasteiger partial charge in [0, 0.05) is 25.2 Å². The summed E-state index contributed by atoms with van der Waals surface area (Å²) in [7, 11) is 0. The summed E-state index contributed by atoms with van der Waals surface area (Å²) in [6.07, 6.45) is 0. The number of rotatable bonds is 11. The smallest absolute Gasteiger partial charge is 0.277 e. The number of halogens is 3. The maximum Gasteiger partial charge on any atom is 0.277 e. The molecule has 0 aliphatic heterocycles. The lowest BCUT2D eigenvalue weighted by Crippen LogP contribution is -2.32. The van der Waals surface area contributed by atoms with Gasteiger partial charge in [0.25, 0.3) is 5.91 Å². The SMILES string of the molecule is CCOc1cc(CNCCNC(=O)c2nonc2N)cc(Cl)c1OCc1ccccc1F.Cl. The number of carbonyl (C=O) groups excluding carboxylic acids is 1. The maximum atomic E-state index is 13.9. The van der Waals surface area contributed by atoms with Crippen molar-refractivity contribution in [1.82, 2.24) is 20.9 Å². The topological polar surface area (TPSA) is 125 Å². The molecule has 9 nitrogen and oxygen atoms in total. The fraction of sp³-hybridized carbons (Fsp3) is 0.286. The van der Waals surface area contributed by atoms with Crippen LogP contribution in [0.25, 0.3) is 0 Å². The summed E-state index contributed by atoms with van der Waals surface area (Å²) in [6, 6.07) is 9.92. The second kappa shape index (κ2) is 12.8. The quantitative estimate of drug-likeness (QED) is 0.343. The average Bonchev–Trinajstić information content (AvgIpc) is 3.20. The number of nitrogens with zero attached hydrogens (tertiary/aromatic N) is 2. The molecule has 1 aromatic heterocycles. The third kappa shape index (κ3) is 7.21. The first-order valence-corrected chi connectivity index (χ1v) is 10.3. The van der Waals surface area contributed by atoms with Crippen LogP contribution in [0.3, 0.4) is 0 Å². The molecule has 0 fully saturated rings. The number of hydrogen-bond acceptors (Lipinski definition) is 8. The number of amides is 1. The second-order valence-electron chi connectivity index (χ2n) is 6.65. The van der Waals surface area contributed by atoms with Gasteiger partial charge in [-0.3, -0.25) is 4.79 Å². The first kappa shape index (κ1) is 26.2. The Morgan fingerprint density at radius 3 is 2.70 bits per heavy atom. The lowest BCUT2D eigenvalue weighted by atomic mass is 10.2. The highest BCUT2D eigenvalue weighted by Crippen LogP contribution is 2.37. The van der Waals surface area contributed by atoms with E-state index in [0.717, 1.165) is 5.56 Å². The molecule has 1 amide bonds. The Morgan fingerprint density at radius 1 is 1.21 bits per heavy atom. The van der Waals surface area contributed by atoms with Gasteiger partial charge in [0.05, 0.1) is 11.6 Å². The van der Waals surface area contributed by atoms with Crippen LogP contribution in [0.15, 0.2) is 41.0 Å². The first-order valence-electron chi connectivity index (χ1n) is 9.88. The van der Waals surface area contributed by atoms with Crippen molar-refractivity contribution in [2.24, 2.45) is 0 Å². The molecule has 178 valence electrons. The zero-order chi connectivity index (χ0) is 22.9. The van der Waals surface area contributed by atoms with E-state index in [-0.39, 0.29) is 36.3 Å². The molecule has 4 N–H and O–H groups in total. The Hall–Kier alpha value is -3.08. The number of nitrogens with one attached hydrogen (secondary N) is 2. The first-order chi connectivity index (χ1) is 15.5. The highest BCUT2D eigenvalue weighted by Gasteiger charge is 2.16. The van der Waals surface area contributed by atoms with Gasteiger partial charge in [0.1, 0.15) is 12.4 Å². The van der Waals surface area contributed by atoms with Gasteiger partial charge in [0.15, 0.2) is 11.5 Å². The van der Waals surface area contributed by atoms with Crippen LogP contribution in [0.2, 0.25) is 5.02 Å². The van der Waals surface area contributed by atoms with E-state index in [2.05, 4.69) is 25.6 Å². The van der Waals surface area contributed by atoms with E-state index in [1.807, 2.05) is 6.92 Å². The van der Waals surface area contributed by atoms with Crippen molar-refractivity contribution in [2.75, 3.05) is 25.4 Å². The molecular weight excluding hydrogens is 476 g/mol. The van der Waals surface area contributed by atoms with Crippen molar-refractivity contribution in [3.8, 4) is 11.5 Å². The summed E-state index contributed by atoms with van der Waals surface area (Å²) in [5.41, 5.74) is 6.70. The summed E-state index contributed by atoms with van der Waals surface area (Å²) in [5.74, 6) is -0.0616. The van der Waals surface area contributed by atoms with Gasteiger partial charge in [-0.1, -0.05) is 29.8 Å². The number of nitrogens with two attached hydrogens (primary N) is 1. The highest BCUT2D eigenvalue weighted by molar-refractivity contribution is 6.32. The van der Waals surface area contributed by atoms with Crippen molar-refractivity contribution >= 4 is 35.7 Å². The summed E-state index contributed by atoms with van der Waals surface area (Å²) >= 11 is 6.41. The highest BCUT2D eigenvalue weighted by atomic mass is 35.5. The predicted molar refractivity (Wildman–Crippen MR) is 123 cm³/mol. The molecule has 0 unspecified atom stereocenters. The molecule has 12 heteroatoms. The van der Waals surface area contributed by atoms with Gasteiger partial charge in [-0.05, 0) is 41.0 Å². The van der Waals surface area contributed by atoms with Crippen LogP contribution < -0.4 is 25.8 Å². The van der Waals surface area contributed by atoms with E-state index in [1.165, 1.54) is 6.07 Å². The number of anilines is 1. The number of benzene rings is 2. The van der Waals surface area contributed by atoms with Crippen LogP contribution in [0.1, 0.15) is 28.5 Å². The largest absolute Gasteiger partial charge is 0.490 e. The average molecular weight is 500 g/mol. The summed E-state index contributed by atoms with van der Waals surface area (Å²) in [6.45, 7) is 3.56.